The smallest absolute Gasteiger partial charge is 0.224 e. The van der Waals surface area contributed by atoms with Crippen LogP contribution in [-0.2, 0) is 11.3 Å². The summed E-state index contributed by atoms with van der Waals surface area (Å²) in [6.07, 6.45) is 0.269. The largest absolute Gasteiger partial charge is 0.497 e. The van der Waals surface area contributed by atoms with E-state index in [1.165, 1.54) is 0 Å². The van der Waals surface area contributed by atoms with Crippen LogP contribution in [-0.4, -0.2) is 58.3 Å². The zero-order chi connectivity index (χ0) is 17.7. The Morgan fingerprint density at radius 2 is 1.92 bits per heavy atom. The van der Waals surface area contributed by atoms with E-state index in [1.807, 2.05) is 0 Å². The molecule has 1 atom stereocenters. The second-order valence-corrected chi connectivity index (χ2v) is 5.51. The van der Waals surface area contributed by atoms with Gasteiger partial charge in [-0.2, -0.15) is 4.68 Å². The van der Waals surface area contributed by atoms with Crippen LogP contribution in [0.5, 0.6) is 11.5 Å². The molecule has 1 aromatic carbocycles. The summed E-state index contributed by atoms with van der Waals surface area (Å²) in [5.41, 5.74) is 6.35. The number of tetrazole rings is 1. The first kappa shape index (κ1) is 17.7. The molecule has 2 N–H and O–H groups in total. The Kier molecular flexibility index (Phi) is 5.69. The van der Waals surface area contributed by atoms with E-state index in [-0.39, 0.29) is 24.9 Å². The number of aromatic nitrogens is 4. The molecule has 1 heterocycles. The van der Waals surface area contributed by atoms with Gasteiger partial charge in [0.1, 0.15) is 11.5 Å². The molecule has 0 fully saturated rings. The molecule has 0 bridgehead atoms. The monoisotopic (exact) mass is 334 g/mol. The number of nitrogens with two attached hydrogens (primary N) is 1. The second kappa shape index (κ2) is 7.73. The quantitative estimate of drug-likeness (QED) is 0.779. The average Bonchev–Trinajstić information content (AvgIpc) is 3.01. The number of methoxy groups -OCH3 is 2. The molecule has 0 aliphatic heterocycles. The summed E-state index contributed by atoms with van der Waals surface area (Å²) in [5, 5.41) is 11.7. The van der Waals surface area contributed by atoms with E-state index in [9.17, 15) is 4.79 Å². The van der Waals surface area contributed by atoms with E-state index in [0.717, 1.165) is 0 Å². The molecule has 130 valence electrons. The summed E-state index contributed by atoms with van der Waals surface area (Å²) < 4.78 is 12.1. The van der Waals surface area contributed by atoms with Gasteiger partial charge in [0.15, 0.2) is 5.82 Å². The van der Waals surface area contributed by atoms with E-state index in [0.29, 0.717) is 23.0 Å². The second-order valence-electron chi connectivity index (χ2n) is 5.51. The topological polar surface area (TPSA) is 108 Å². The van der Waals surface area contributed by atoms with Crippen molar-refractivity contribution in [3.63, 3.8) is 0 Å². The lowest BCUT2D eigenvalue weighted by atomic mass is 10.2. The number of carbonyl (C=O) groups excluding carboxylic acids is 1. The fourth-order valence-electron chi connectivity index (χ4n) is 2.15. The molecular weight excluding hydrogens is 312 g/mol. The zero-order valence-electron chi connectivity index (χ0n) is 14.3. The lowest BCUT2D eigenvalue weighted by Gasteiger charge is -2.18. The van der Waals surface area contributed by atoms with Crippen LogP contribution in [0.2, 0.25) is 0 Å². The predicted octanol–water partition coefficient (Wildman–Crippen LogP) is 0.375. The van der Waals surface area contributed by atoms with Gasteiger partial charge in [-0.05, 0) is 17.4 Å². The van der Waals surface area contributed by atoms with Crippen molar-refractivity contribution < 1.29 is 14.3 Å². The third-order valence-corrected chi connectivity index (χ3v) is 3.42. The van der Waals surface area contributed by atoms with E-state index in [1.54, 1.807) is 56.0 Å². The molecule has 1 amide bonds. The Labute approximate surface area is 140 Å². The lowest BCUT2D eigenvalue weighted by molar-refractivity contribution is -0.130. The molecule has 2 rings (SSSR count). The fourth-order valence-corrected chi connectivity index (χ4v) is 2.15. The van der Waals surface area contributed by atoms with Gasteiger partial charge in [0.2, 0.25) is 5.91 Å². The van der Waals surface area contributed by atoms with Crippen molar-refractivity contribution in [1.82, 2.24) is 25.1 Å². The molecule has 0 aliphatic rings. The Morgan fingerprint density at radius 3 is 2.46 bits per heavy atom. The molecule has 0 radical (unpaired) electrons. The first-order valence-corrected chi connectivity index (χ1v) is 7.44. The van der Waals surface area contributed by atoms with Crippen molar-refractivity contribution in [1.29, 1.82) is 0 Å². The van der Waals surface area contributed by atoms with Gasteiger partial charge >= 0.3 is 0 Å². The van der Waals surface area contributed by atoms with Gasteiger partial charge in [-0.25, -0.2) is 0 Å². The van der Waals surface area contributed by atoms with Crippen molar-refractivity contribution in [2.24, 2.45) is 5.73 Å². The minimum Gasteiger partial charge on any atom is -0.497 e. The maximum atomic E-state index is 12.1. The molecule has 0 saturated heterocycles. The number of ether oxygens (including phenoxy) is 2. The van der Waals surface area contributed by atoms with Gasteiger partial charge in [0.25, 0.3) is 0 Å². The van der Waals surface area contributed by atoms with Crippen molar-refractivity contribution >= 4 is 5.91 Å². The Hall–Kier alpha value is -2.68. The van der Waals surface area contributed by atoms with Gasteiger partial charge < -0.3 is 20.1 Å². The van der Waals surface area contributed by atoms with Crippen LogP contribution in [0.3, 0.4) is 0 Å². The van der Waals surface area contributed by atoms with Gasteiger partial charge in [0.05, 0.1) is 26.5 Å². The average molecular weight is 334 g/mol. The third kappa shape index (κ3) is 4.19. The summed E-state index contributed by atoms with van der Waals surface area (Å²) in [7, 11) is 4.83. The molecule has 1 aromatic heterocycles. The SMILES string of the molecule is COc1cc(OC)cc(-n2nnnc2CN(C)C(=O)CC(C)N)c1. The van der Waals surface area contributed by atoms with Crippen molar-refractivity contribution in [3.05, 3.63) is 24.0 Å². The summed E-state index contributed by atoms with van der Waals surface area (Å²) in [5.74, 6) is 1.69. The van der Waals surface area contributed by atoms with Gasteiger partial charge in [-0.15, -0.1) is 5.10 Å². The minimum absolute atomic E-state index is 0.0669. The Morgan fingerprint density at radius 1 is 1.29 bits per heavy atom. The number of carbonyl (C=O) groups is 1. The fraction of sp³-hybridized carbons (Fsp3) is 0.467. The third-order valence-electron chi connectivity index (χ3n) is 3.42. The number of rotatable bonds is 7. The Balaban J connectivity index is 2.26. The van der Waals surface area contributed by atoms with Crippen molar-refractivity contribution in [2.45, 2.75) is 25.9 Å². The molecule has 0 spiro atoms. The molecule has 2 aromatic rings. The van der Waals surface area contributed by atoms with Crippen LogP contribution in [0.1, 0.15) is 19.2 Å². The molecule has 24 heavy (non-hydrogen) atoms. The predicted molar refractivity (Wildman–Crippen MR) is 87.0 cm³/mol. The lowest BCUT2D eigenvalue weighted by Crippen LogP contribution is -2.32. The van der Waals surface area contributed by atoms with Crippen LogP contribution in [0.15, 0.2) is 18.2 Å². The number of hydrogen-bond acceptors (Lipinski definition) is 7. The highest BCUT2D eigenvalue weighted by molar-refractivity contribution is 5.76. The summed E-state index contributed by atoms with van der Waals surface area (Å²) in [6, 6.07) is 5.13. The molecule has 0 aliphatic carbocycles. The maximum absolute atomic E-state index is 12.1. The first-order valence-electron chi connectivity index (χ1n) is 7.44. The highest BCUT2D eigenvalue weighted by Crippen LogP contribution is 2.25. The van der Waals surface area contributed by atoms with Gasteiger partial charge in [-0.1, -0.05) is 0 Å². The van der Waals surface area contributed by atoms with Gasteiger partial charge in [-0.3, -0.25) is 4.79 Å². The molecule has 9 heteroatoms. The zero-order valence-corrected chi connectivity index (χ0v) is 14.3. The number of hydrogen-bond donors (Lipinski definition) is 1. The molecule has 9 nitrogen and oxygen atoms in total. The summed E-state index contributed by atoms with van der Waals surface area (Å²) in [6.45, 7) is 2.05. The number of nitrogens with zero attached hydrogens (tertiary/aromatic N) is 5. The highest BCUT2D eigenvalue weighted by atomic mass is 16.5. The van der Waals surface area contributed by atoms with Crippen LogP contribution >= 0.6 is 0 Å². The van der Waals surface area contributed by atoms with Crippen LogP contribution in [0, 0.1) is 0 Å². The van der Waals surface area contributed by atoms with E-state index in [2.05, 4.69) is 15.5 Å². The van der Waals surface area contributed by atoms with E-state index >= 15 is 0 Å². The molecular formula is C15H22N6O3. The summed E-state index contributed by atoms with van der Waals surface area (Å²) >= 11 is 0. The molecule has 1 unspecified atom stereocenters. The standard InChI is InChI=1S/C15H22N6O3/c1-10(16)5-15(22)20(2)9-14-17-18-19-21(14)11-6-12(23-3)8-13(7-11)24-4/h6-8,10H,5,9,16H2,1-4H3. The van der Waals surface area contributed by atoms with Crippen molar-refractivity contribution in [2.75, 3.05) is 21.3 Å². The molecule has 0 saturated carbocycles. The van der Waals surface area contributed by atoms with E-state index < -0.39 is 0 Å². The Bertz CT molecular complexity index is 678. The number of amides is 1. The van der Waals surface area contributed by atoms with Crippen LogP contribution in [0.4, 0.5) is 0 Å². The van der Waals surface area contributed by atoms with Crippen molar-refractivity contribution in [3.8, 4) is 17.2 Å². The van der Waals surface area contributed by atoms with E-state index in [4.69, 9.17) is 15.2 Å². The van der Waals surface area contributed by atoms with Gasteiger partial charge in [0, 0.05) is 37.7 Å². The van der Waals surface area contributed by atoms with Crippen LogP contribution in [0.25, 0.3) is 5.69 Å². The summed E-state index contributed by atoms with van der Waals surface area (Å²) in [4.78, 5) is 13.6. The first-order chi connectivity index (χ1) is 11.4. The minimum atomic E-state index is -0.196. The van der Waals surface area contributed by atoms with Crippen LogP contribution < -0.4 is 15.2 Å². The normalized spacial score (nSPS) is 11.9. The highest BCUT2D eigenvalue weighted by Gasteiger charge is 2.17. The maximum Gasteiger partial charge on any atom is 0.224 e. The number of benzene rings is 1.